The van der Waals surface area contributed by atoms with Crippen LogP contribution in [0.1, 0.15) is 13.3 Å². The molecule has 0 saturated carbocycles. The normalized spacial score (nSPS) is 23.0. The van der Waals surface area contributed by atoms with Gasteiger partial charge in [0.2, 0.25) is 0 Å². The van der Waals surface area contributed by atoms with Crippen LogP contribution in [0.25, 0.3) is 0 Å². The highest BCUT2D eigenvalue weighted by atomic mass is 31.2. The Bertz CT molecular complexity index is 117. The summed E-state index contributed by atoms with van der Waals surface area (Å²) >= 11 is 0. The van der Waals surface area contributed by atoms with Crippen LogP contribution >= 0.6 is 7.37 Å². The number of ether oxygens (including phenoxy) is 1. The third kappa shape index (κ3) is 15.7. The molecule has 10 heavy (non-hydrogen) atoms. The molecule has 1 fully saturated rings. The van der Waals surface area contributed by atoms with Crippen molar-refractivity contribution in [1.82, 2.24) is 0 Å². The molecule has 0 aromatic heterocycles. The Hall–Kier alpha value is 0.150. The fourth-order valence-corrected chi connectivity index (χ4v) is 0.304. The van der Waals surface area contributed by atoms with Crippen molar-refractivity contribution in [2.45, 2.75) is 19.4 Å². The molecule has 62 valence electrons. The Morgan fingerprint density at radius 2 is 2.00 bits per heavy atom. The first-order chi connectivity index (χ1) is 4.43. The molecule has 1 aliphatic heterocycles. The predicted octanol–water partition coefficient (Wildman–Crippen LogP) is 1.31. The first-order valence-corrected chi connectivity index (χ1v) is 5.88. The lowest BCUT2D eigenvalue weighted by molar-refractivity contribution is 0.403. The smallest absolute Gasteiger partial charge is 0.194 e. The third-order valence-corrected chi connectivity index (χ3v) is 0.858. The zero-order valence-corrected chi connectivity index (χ0v) is 7.60. The molecule has 1 unspecified atom stereocenters. The Kier molecular flexibility index (Phi) is 4.18. The summed E-state index contributed by atoms with van der Waals surface area (Å²) in [6, 6.07) is 0. The van der Waals surface area contributed by atoms with Crippen LogP contribution in [0.5, 0.6) is 0 Å². The van der Waals surface area contributed by atoms with Gasteiger partial charge in [0.05, 0.1) is 12.7 Å². The molecular weight excluding hydrogens is 151 g/mol. The van der Waals surface area contributed by atoms with E-state index < -0.39 is 7.37 Å². The van der Waals surface area contributed by atoms with Crippen LogP contribution in [-0.2, 0) is 9.30 Å². The zero-order chi connectivity index (χ0) is 8.20. The van der Waals surface area contributed by atoms with E-state index in [4.69, 9.17) is 9.63 Å². The summed E-state index contributed by atoms with van der Waals surface area (Å²) in [6.45, 7) is 5.74. The molecule has 1 rings (SSSR count). The lowest BCUT2D eigenvalue weighted by Gasteiger charge is -1.86. The van der Waals surface area contributed by atoms with Gasteiger partial charge >= 0.3 is 0 Å². The van der Waals surface area contributed by atoms with E-state index in [1.165, 1.54) is 19.8 Å². The minimum absolute atomic E-state index is 0.634. The molecule has 0 bridgehead atoms. The van der Waals surface area contributed by atoms with Gasteiger partial charge in [-0.1, -0.05) is 6.92 Å². The minimum Gasteiger partial charge on any atom is -0.373 e. The summed E-state index contributed by atoms with van der Waals surface area (Å²) in [4.78, 5) is 8.08. The third-order valence-electron chi connectivity index (χ3n) is 0.858. The van der Waals surface area contributed by atoms with Gasteiger partial charge in [-0.15, -0.1) is 0 Å². The molecule has 0 amide bonds. The van der Waals surface area contributed by atoms with Gasteiger partial charge in [-0.2, -0.15) is 0 Å². The highest BCUT2D eigenvalue weighted by molar-refractivity contribution is 7.56. The molecule has 0 aromatic carbocycles. The molecule has 0 radical (unpaired) electrons. The lowest BCUT2D eigenvalue weighted by Crippen LogP contribution is -1.73. The van der Waals surface area contributed by atoms with Gasteiger partial charge in [-0.3, -0.25) is 4.57 Å². The highest BCUT2D eigenvalue weighted by Gasteiger charge is 2.18. The van der Waals surface area contributed by atoms with Gasteiger partial charge in [0.25, 0.3) is 0 Å². The minimum atomic E-state index is -2.64. The Balaban J connectivity index is 0.000000162. The quantitative estimate of drug-likeness (QED) is 0.472. The molecule has 4 heteroatoms. The maximum atomic E-state index is 9.77. The van der Waals surface area contributed by atoms with Crippen molar-refractivity contribution < 1.29 is 14.2 Å². The van der Waals surface area contributed by atoms with Crippen molar-refractivity contribution >= 4 is 7.37 Å². The largest absolute Gasteiger partial charge is 0.373 e. The fraction of sp³-hybridized carbons (Fsp3) is 1.00. The average molecular weight is 166 g/mol. The first kappa shape index (κ1) is 10.2. The Morgan fingerprint density at radius 1 is 1.70 bits per heavy atom. The molecule has 0 spiro atoms. The molecule has 1 aliphatic rings. The summed E-state index contributed by atoms with van der Waals surface area (Å²) < 4.78 is 14.6. The Labute approximate surface area is 61.8 Å². The summed E-state index contributed by atoms with van der Waals surface area (Å²) in [5, 5.41) is 0. The molecule has 1 atom stereocenters. The van der Waals surface area contributed by atoms with Crippen molar-refractivity contribution in [2.24, 2.45) is 0 Å². The van der Waals surface area contributed by atoms with Crippen LogP contribution in [0, 0.1) is 0 Å². The van der Waals surface area contributed by atoms with Crippen LogP contribution in [0.15, 0.2) is 0 Å². The standard InChI is InChI=1S/C4H8O.C2H7O2P/c1-2-4-3-5-4;1-5(2,3)4/h4H,2-3H2,1H3;1-2H3,(H,3,4). The second kappa shape index (κ2) is 4.12. The van der Waals surface area contributed by atoms with E-state index in [0.29, 0.717) is 6.10 Å². The van der Waals surface area contributed by atoms with E-state index >= 15 is 0 Å². The predicted molar refractivity (Wildman–Crippen MR) is 41.7 cm³/mol. The molecule has 1 N–H and O–H groups in total. The highest BCUT2D eigenvalue weighted by Crippen LogP contribution is 2.27. The zero-order valence-electron chi connectivity index (χ0n) is 6.70. The molecule has 0 aliphatic carbocycles. The second-order valence-electron chi connectivity index (χ2n) is 2.66. The van der Waals surface area contributed by atoms with Crippen molar-refractivity contribution in [3.05, 3.63) is 0 Å². The maximum Gasteiger partial charge on any atom is 0.194 e. The van der Waals surface area contributed by atoms with Crippen LogP contribution in [-0.4, -0.2) is 30.9 Å². The molecule has 3 nitrogen and oxygen atoms in total. The van der Waals surface area contributed by atoms with E-state index in [-0.39, 0.29) is 0 Å². The Morgan fingerprint density at radius 3 is 2.00 bits per heavy atom. The van der Waals surface area contributed by atoms with Gasteiger partial charge in [0.15, 0.2) is 7.37 Å². The fourth-order valence-electron chi connectivity index (χ4n) is 0.304. The maximum absolute atomic E-state index is 9.77. The molecule has 1 heterocycles. The van der Waals surface area contributed by atoms with E-state index in [1.54, 1.807) is 0 Å². The van der Waals surface area contributed by atoms with Crippen LogP contribution < -0.4 is 0 Å². The van der Waals surface area contributed by atoms with E-state index in [0.717, 1.165) is 6.61 Å². The van der Waals surface area contributed by atoms with Crippen LogP contribution in [0.4, 0.5) is 0 Å². The van der Waals surface area contributed by atoms with Gasteiger partial charge in [0.1, 0.15) is 0 Å². The topological polar surface area (TPSA) is 49.8 Å². The first-order valence-electron chi connectivity index (χ1n) is 3.32. The molecular formula is C6H15O3P. The van der Waals surface area contributed by atoms with Crippen molar-refractivity contribution in [3.8, 4) is 0 Å². The summed E-state index contributed by atoms with van der Waals surface area (Å²) in [7, 11) is -2.64. The van der Waals surface area contributed by atoms with Crippen LogP contribution in [0.2, 0.25) is 0 Å². The van der Waals surface area contributed by atoms with Crippen molar-refractivity contribution in [3.63, 3.8) is 0 Å². The second-order valence-corrected chi connectivity index (χ2v) is 5.25. The SMILES string of the molecule is CCC1CO1.CP(C)(=O)O. The molecule has 0 aromatic rings. The van der Waals surface area contributed by atoms with Crippen molar-refractivity contribution in [1.29, 1.82) is 0 Å². The number of epoxide rings is 1. The van der Waals surface area contributed by atoms with Gasteiger partial charge in [-0.25, -0.2) is 0 Å². The lowest BCUT2D eigenvalue weighted by atomic mass is 10.4. The van der Waals surface area contributed by atoms with E-state index in [9.17, 15) is 4.57 Å². The summed E-state index contributed by atoms with van der Waals surface area (Å²) in [5.74, 6) is 0. The summed E-state index contributed by atoms with van der Waals surface area (Å²) in [6.07, 6.45) is 1.83. The number of hydrogen-bond acceptors (Lipinski definition) is 2. The number of rotatable bonds is 1. The van der Waals surface area contributed by atoms with E-state index in [2.05, 4.69) is 6.92 Å². The van der Waals surface area contributed by atoms with E-state index in [1.807, 2.05) is 0 Å². The number of hydrogen-bond donors (Lipinski definition) is 1. The van der Waals surface area contributed by atoms with Crippen molar-refractivity contribution in [2.75, 3.05) is 19.9 Å². The summed E-state index contributed by atoms with van der Waals surface area (Å²) in [5.41, 5.74) is 0. The van der Waals surface area contributed by atoms with Gasteiger partial charge < -0.3 is 9.63 Å². The van der Waals surface area contributed by atoms with Crippen LogP contribution in [0.3, 0.4) is 0 Å². The van der Waals surface area contributed by atoms with Gasteiger partial charge in [-0.05, 0) is 6.42 Å². The molecule has 1 saturated heterocycles. The monoisotopic (exact) mass is 166 g/mol. The average Bonchev–Trinajstić information content (AvgIpc) is 2.39. The van der Waals surface area contributed by atoms with Gasteiger partial charge in [0, 0.05) is 13.3 Å².